The van der Waals surface area contributed by atoms with Crippen LogP contribution < -0.4 is 10.2 Å². The van der Waals surface area contributed by atoms with E-state index in [0.29, 0.717) is 27.5 Å². The Morgan fingerprint density at radius 1 is 0.938 bits per heavy atom. The Labute approximate surface area is 189 Å². The van der Waals surface area contributed by atoms with Gasteiger partial charge in [-0.2, -0.15) is 0 Å². The van der Waals surface area contributed by atoms with Crippen molar-refractivity contribution >= 4 is 46.3 Å². The molecule has 1 aliphatic heterocycles. The number of benzene rings is 3. The van der Waals surface area contributed by atoms with Gasteiger partial charge in [0.1, 0.15) is 5.76 Å². The quantitative estimate of drug-likeness (QED) is 0.338. The first-order chi connectivity index (χ1) is 15.4. The molecule has 0 aromatic heterocycles. The first-order valence-electron chi connectivity index (χ1n) is 9.86. The number of amides is 2. The Morgan fingerprint density at radius 3 is 2.16 bits per heavy atom. The number of hydrogen-bond donors (Lipinski definition) is 2. The Bertz CT molecular complexity index is 1220. The molecule has 0 aliphatic carbocycles. The van der Waals surface area contributed by atoms with Crippen molar-refractivity contribution in [2.24, 2.45) is 0 Å². The van der Waals surface area contributed by atoms with Gasteiger partial charge in [0.2, 0.25) is 5.91 Å². The van der Waals surface area contributed by atoms with Gasteiger partial charge in [-0.15, -0.1) is 0 Å². The van der Waals surface area contributed by atoms with Gasteiger partial charge in [-0.05, 0) is 54.1 Å². The highest BCUT2D eigenvalue weighted by atomic mass is 35.5. The van der Waals surface area contributed by atoms with E-state index in [-0.39, 0.29) is 17.2 Å². The van der Waals surface area contributed by atoms with E-state index in [0.717, 1.165) is 0 Å². The fourth-order valence-electron chi connectivity index (χ4n) is 3.72. The van der Waals surface area contributed by atoms with E-state index in [9.17, 15) is 19.5 Å². The highest BCUT2D eigenvalue weighted by Crippen LogP contribution is 2.42. The second-order valence-electron chi connectivity index (χ2n) is 7.31. The molecule has 3 aromatic carbocycles. The molecule has 1 fully saturated rings. The predicted molar refractivity (Wildman–Crippen MR) is 123 cm³/mol. The van der Waals surface area contributed by atoms with Crippen LogP contribution in [0.15, 0.2) is 84.4 Å². The van der Waals surface area contributed by atoms with Gasteiger partial charge in [0, 0.05) is 28.9 Å². The van der Waals surface area contributed by atoms with Gasteiger partial charge in [0.05, 0.1) is 11.6 Å². The molecule has 4 rings (SSSR count). The molecule has 0 radical (unpaired) electrons. The summed E-state index contributed by atoms with van der Waals surface area (Å²) < 4.78 is 0. The van der Waals surface area contributed by atoms with E-state index >= 15 is 0 Å². The number of anilines is 2. The molecule has 2 amide bonds. The van der Waals surface area contributed by atoms with Gasteiger partial charge >= 0.3 is 0 Å². The number of hydrogen-bond acceptors (Lipinski definition) is 4. The zero-order chi connectivity index (χ0) is 22.8. The van der Waals surface area contributed by atoms with Crippen LogP contribution in [0.4, 0.5) is 11.4 Å². The molecule has 6 nitrogen and oxygen atoms in total. The molecule has 32 heavy (non-hydrogen) atoms. The molecule has 1 aliphatic rings. The molecule has 0 unspecified atom stereocenters. The molecular weight excluding hydrogens is 428 g/mol. The van der Waals surface area contributed by atoms with Crippen LogP contribution in [0.2, 0.25) is 5.02 Å². The van der Waals surface area contributed by atoms with Crippen LogP contribution in [0.25, 0.3) is 5.76 Å². The van der Waals surface area contributed by atoms with Gasteiger partial charge in [0.15, 0.2) is 0 Å². The summed E-state index contributed by atoms with van der Waals surface area (Å²) in [6.45, 7) is 1.40. The zero-order valence-corrected chi connectivity index (χ0v) is 17.8. The van der Waals surface area contributed by atoms with Gasteiger partial charge in [-0.25, -0.2) is 0 Å². The Balaban J connectivity index is 1.85. The summed E-state index contributed by atoms with van der Waals surface area (Å²) in [5, 5.41) is 14.2. The van der Waals surface area contributed by atoms with Crippen LogP contribution in [0, 0.1) is 0 Å². The van der Waals surface area contributed by atoms with Crippen molar-refractivity contribution in [3.63, 3.8) is 0 Å². The van der Waals surface area contributed by atoms with Crippen molar-refractivity contribution in [2.75, 3.05) is 10.2 Å². The minimum Gasteiger partial charge on any atom is -0.507 e. The molecule has 3 aromatic rings. The lowest BCUT2D eigenvalue weighted by Crippen LogP contribution is -2.29. The number of nitrogens with zero attached hydrogens (tertiary/aromatic N) is 1. The highest BCUT2D eigenvalue weighted by Gasteiger charge is 2.46. The van der Waals surface area contributed by atoms with Gasteiger partial charge in [-0.3, -0.25) is 19.3 Å². The lowest BCUT2D eigenvalue weighted by atomic mass is 9.95. The average Bonchev–Trinajstić information content (AvgIpc) is 3.05. The number of carbonyl (C=O) groups excluding carboxylic acids is 3. The Hall–Kier alpha value is -3.90. The van der Waals surface area contributed by atoms with E-state index in [4.69, 9.17) is 11.6 Å². The number of halogens is 1. The van der Waals surface area contributed by atoms with Crippen molar-refractivity contribution in [3.05, 3.63) is 101 Å². The summed E-state index contributed by atoms with van der Waals surface area (Å²) in [5.74, 6) is -2.02. The number of rotatable bonds is 4. The maximum Gasteiger partial charge on any atom is 0.300 e. The fourth-order valence-corrected chi connectivity index (χ4v) is 3.85. The van der Waals surface area contributed by atoms with Gasteiger partial charge in [0.25, 0.3) is 11.7 Å². The standard InChI is InChI=1S/C25H19ClN2O4/c1-15(29)27-19-11-13-20(14-12-19)28-22(16-5-3-2-4-6-16)21(24(31)25(28)32)23(30)17-7-9-18(26)10-8-17/h2-14,22,30H,1H3,(H,27,29)/t22-/m0/s1. The van der Waals surface area contributed by atoms with E-state index < -0.39 is 17.7 Å². The number of aliphatic hydroxyl groups is 1. The summed E-state index contributed by atoms with van der Waals surface area (Å²) >= 11 is 5.95. The summed E-state index contributed by atoms with van der Waals surface area (Å²) in [7, 11) is 0. The number of nitrogens with one attached hydrogen (secondary N) is 1. The lowest BCUT2D eigenvalue weighted by Gasteiger charge is -2.25. The van der Waals surface area contributed by atoms with Crippen LogP contribution in [-0.2, 0) is 14.4 Å². The van der Waals surface area contributed by atoms with Crippen LogP contribution in [0.1, 0.15) is 24.1 Å². The Kier molecular flexibility index (Phi) is 5.79. The summed E-state index contributed by atoms with van der Waals surface area (Å²) in [6.07, 6.45) is 0. The topological polar surface area (TPSA) is 86.7 Å². The maximum atomic E-state index is 13.1. The number of carbonyl (C=O) groups is 3. The third-order valence-corrected chi connectivity index (χ3v) is 5.40. The Morgan fingerprint density at radius 2 is 1.56 bits per heavy atom. The minimum absolute atomic E-state index is 0.00513. The third-order valence-electron chi connectivity index (χ3n) is 5.14. The average molecular weight is 447 g/mol. The van der Waals surface area contributed by atoms with Crippen molar-refractivity contribution < 1.29 is 19.5 Å². The number of Topliss-reactive ketones (excluding diaryl/α,β-unsaturated/α-hetero) is 1. The summed E-state index contributed by atoms with van der Waals surface area (Å²) in [4.78, 5) is 38.8. The number of ketones is 1. The summed E-state index contributed by atoms with van der Waals surface area (Å²) in [5.41, 5.74) is 2.08. The van der Waals surface area contributed by atoms with Crippen molar-refractivity contribution in [2.45, 2.75) is 13.0 Å². The van der Waals surface area contributed by atoms with E-state index in [1.807, 2.05) is 6.07 Å². The molecular formula is C25H19ClN2O4. The molecule has 1 atom stereocenters. The second kappa shape index (κ2) is 8.69. The van der Waals surface area contributed by atoms with Gasteiger partial charge in [-0.1, -0.05) is 41.9 Å². The highest BCUT2D eigenvalue weighted by molar-refractivity contribution is 6.51. The van der Waals surface area contributed by atoms with Crippen molar-refractivity contribution in [1.82, 2.24) is 0 Å². The molecule has 0 bridgehead atoms. The third kappa shape index (κ3) is 4.00. The predicted octanol–water partition coefficient (Wildman–Crippen LogP) is 4.92. The molecule has 1 saturated heterocycles. The van der Waals surface area contributed by atoms with Crippen LogP contribution in [-0.4, -0.2) is 22.7 Å². The first-order valence-corrected chi connectivity index (χ1v) is 10.2. The van der Waals surface area contributed by atoms with Crippen LogP contribution in [0.5, 0.6) is 0 Å². The molecule has 1 heterocycles. The summed E-state index contributed by atoms with van der Waals surface area (Å²) in [6, 6.07) is 21.2. The maximum absolute atomic E-state index is 13.1. The monoisotopic (exact) mass is 446 g/mol. The molecule has 7 heteroatoms. The van der Waals surface area contributed by atoms with Crippen LogP contribution in [0.3, 0.4) is 0 Å². The molecule has 160 valence electrons. The van der Waals surface area contributed by atoms with Crippen molar-refractivity contribution in [3.8, 4) is 0 Å². The minimum atomic E-state index is -0.821. The normalized spacial score (nSPS) is 17.4. The lowest BCUT2D eigenvalue weighted by molar-refractivity contribution is -0.132. The fraction of sp³-hybridized carbons (Fsp3) is 0.0800. The molecule has 0 saturated carbocycles. The van der Waals surface area contributed by atoms with E-state index in [2.05, 4.69) is 5.32 Å². The molecule has 0 spiro atoms. The van der Waals surface area contributed by atoms with Crippen molar-refractivity contribution in [1.29, 1.82) is 0 Å². The second-order valence-corrected chi connectivity index (χ2v) is 7.75. The smallest absolute Gasteiger partial charge is 0.300 e. The largest absolute Gasteiger partial charge is 0.507 e. The van der Waals surface area contributed by atoms with Crippen LogP contribution >= 0.6 is 11.6 Å². The zero-order valence-electron chi connectivity index (χ0n) is 17.1. The SMILES string of the molecule is CC(=O)Nc1ccc(N2C(=O)C(=O)C(=C(O)c3ccc(Cl)cc3)[C@@H]2c2ccccc2)cc1. The van der Waals surface area contributed by atoms with E-state index in [1.54, 1.807) is 72.8 Å². The van der Waals surface area contributed by atoms with Gasteiger partial charge < -0.3 is 10.4 Å². The number of aliphatic hydroxyl groups excluding tert-OH is 1. The molecule has 2 N–H and O–H groups in total. The first kappa shape index (κ1) is 21.3. The van der Waals surface area contributed by atoms with E-state index in [1.165, 1.54) is 11.8 Å².